The van der Waals surface area contributed by atoms with Crippen molar-refractivity contribution in [3.63, 3.8) is 0 Å². The summed E-state index contributed by atoms with van der Waals surface area (Å²) >= 11 is 0. The summed E-state index contributed by atoms with van der Waals surface area (Å²) in [6.45, 7) is 5.98. The van der Waals surface area contributed by atoms with Gasteiger partial charge in [0.2, 0.25) is 0 Å². The summed E-state index contributed by atoms with van der Waals surface area (Å²) in [4.78, 5) is 11.4. The van der Waals surface area contributed by atoms with E-state index < -0.39 is 6.10 Å². The average Bonchev–Trinajstić information content (AvgIpc) is 3.01. The first-order valence-corrected chi connectivity index (χ1v) is 8.78. The molecule has 3 rings (SSSR count). The predicted octanol–water partition coefficient (Wildman–Crippen LogP) is 3.04. The molecular formula is C18H27N5O. The minimum atomic E-state index is -0.640. The van der Waals surface area contributed by atoms with E-state index in [1.54, 1.807) is 11.6 Å². The van der Waals surface area contributed by atoms with Crippen LogP contribution >= 0.6 is 0 Å². The summed E-state index contributed by atoms with van der Waals surface area (Å²) in [5.74, 6) is 2.00. The van der Waals surface area contributed by atoms with Crippen molar-refractivity contribution in [1.29, 1.82) is 0 Å². The lowest BCUT2D eigenvalue weighted by Crippen LogP contribution is -2.39. The highest BCUT2D eigenvalue weighted by molar-refractivity contribution is 5.43. The van der Waals surface area contributed by atoms with Gasteiger partial charge in [-0.2, -0.15) is 10.1 Å². The van der Waals surface area contributed by atoms with Crippen LogP contribution in [0.5, 0.6) is 0 Å². The van der Waals surface area contributed by atoms with Crippen LogP contribution in [0.15, 0.2) is 18.3 Å². The molecule has 2 aromatic heterocycles. The highest BCUT2D eigenvalue weighted by Crippen LogP contribution is 2.30. The van der Waals surface area contributed by atoms with E-state index in [4.69, 9.17) is 4.98 Å². The van der Waals surface area contributed by atoms with E-state index in [-0.39, 0.29) is 0 Å². The maximum Gasteiger partial charge on any atom is 0.252 e. The van der Waals surface area contributed by atoms with E-state index >= 15 is 0 Å². The fourth-order valence-corrected chi connectivity index (χ4v) is 3.51. The Hall–Kier alpha value is -1.95. The van der Waals surface area contributed by atoms with Gasteiger partial charge in [-0.05, 0) is 38.7 Å². The molecule has 0 aromatic carbocycles. The summed E-state index contributed by atoms with van der Waals surface area (Å²) in [6.07, 6.45) is 6.23. The number of aryl methyl sites for hydroxylation is 1. The molecule has 130 valence electrons. The third kappa shape index (κ3) is 3.43. The Bertz CT molecular complexity index is 696. The van der Waals surface area contributed by atoms with Crippen molar-refractivity contribution in [1.82, 2.24) is 19.7 Å². The quantitative estimate of drug-likeness (QED) is 0.934. The van der Waals surface area contributed by atoms with E-state index in [0.717, 1.165) is 11.5 Å². The molecule has 1 N–H and O–H groups in total. The fourth-order valence-electron chi connectivity index (χ4n) is 3.51. The van der Waals surface area contributed by atoms with Gasteiger partial charge in [0.05, 0.1) is 17.5 Å². The van der Waals surface area contributed by atoms with Crippen LogP contribution in [0.4, 0.5) is 5.82 Å². The van der Waals surface area contributed by atoms with Crippen LogP contribution in [0.1, 0.15) is 57.0 Å². The highest BCUT2D eigenvalue weighted by atomic mass is 16.3. The molecule has 1 fully saturated rings. The van der Waals surface area contributed by atoms with E-state index in [0.29, 0.717) is 23.6 Å². The number of aromatic nitrogens is 4. The number of nitrogens with zero attached hydrogens (tertiary/aromatic N) is 5. The van der Waals surface area contributed by atoms with Crippen molar-refractivity contribution in [2.45, 2.75) is 58.6 Å². The van der Waals surface area contributed by atoms with Crippen LogP contribution in [0.2, 0.25) is 0 Å². The largest absolute Gasteiger partial charge is 0.387 e. The lowest BCUT2D eigenvalue weighted by molar-refractivity contribution is 0.194. The monoisotopic (exact) mass is 329 g/mol. The number of rotatable bonds is 4. The Labute approximate surface area is 143 Å². The maximum absolute atomic E-state index is 10.0. The zero-order valence-electron chi connectivity index (χ0n) is 15.0. The molecule has 1 aliphatic carbocycles. The van der Waals surface area contributed by atoms with Crippen molar-refractivity contribution >= 4 is 5.82 Å². The van der Waals surface area contributed by atoms with E-state index in [1.807, 2.05) is 25.3 Å². The Balaban J connectivity index is 1.98. The molecule has 1 saturated carbocycles. The molecule has 3 atom stereocenters. The van der Waals surface area contributed by atoms with Crippen LogP contribution in [0, 0.1) is 12.8 Å². The molecule has 24 heavy (non-hydrogen) atoms. The Morgan fingerprint density at radius 2 is 2.04 bits per heavy atom. The third-order valence-corrected chi connectivity index (χ3v) is 5.00. The second-order valence-electron chi connectivity index (χ2n) is 6.97. The van der Waals surface area contributed by atoms with E-state index in [2.05, 4.69) is 29.0 Å². The van der Waals surface area contributed by atoms with Gasteiger partial charge in [-0.1, -0.05) is 19.8 Å². The van der Waals surface area contributed by atoms with E-state index in [1.165, 1.54) is 25.7 Å². The first kappa shape index (κ1) is 16.9. The highest BCUT2D eigenvalue weighted by Gasteiger charge is 2.26. The van der Waals surface area contributed by atoms with Gasteiger partial charge in [-0.25, -0.2) is 9.67 Å². The molecule has 0 radical (unpaired) electrons. The van der Waals surface area contributed by atoms with Gasteiger partial charge in [-0.3, -0.25) is 0 Å². The SMILES string of the molecule is Cc1ccn(-c2nc(C(C)O)cc(N(C)C3CCCCC3C)n2)n1. The van der Waals surface area contributed by atoms with Gasteiger partial charge in [-0.15, -0.1) is 0 Å². The van der Waals surface area contributed by atoms with Gasteiger partial charge in [0.1, 0.15) is 5.82 Å². The molecule has 2 aromatic rings. The molecule has 0 saturated heterocycles. The number of anilines is 1. The summed E-state index contributed by atoms with van der Waals surface area (Å²) < 4.78 is 1.67. The van der Waals surface area contributed by atoms with Gasteiger partial charge in [0.25, 0.3) is 5.95 Å². The zero-order valence-corrected chi connectivity index (χ0v) is 15.0. The molecule has 0 spiro atoms. The lowest BCUT2D eigenvalue weighted by Gasteiger charge is -2.37. The van der Waals surface area contributed by atoms with Crippen molar-refractivity contribution in [2.75, 3.05) is 11.9 Å². The molecule has 0 bridgehead atoms. The second-order valence-corrected chi connectivity index (χ2v) is 6.97. The molecule has 0 aliphatic heterocycles. The van der Waals surface area contributed by atoms with Gasteiger partial charge in [0.15, 0.2) is 0 Å². The minimum Gasteiger partial charge on any atom is -0.387 e. The maximum atomic E-state index is 10.0. The Morgan fingerprint density at radius 3 is 2.67 bits per heavy atom. The van der Waals surface area contributed by atoms with Crippen LogP contribution in [-0.4, -0.2) is 37.9 Å². The molecular weight excluding hydrogens is 302 g/mol. The Kier molecular flexibility index (Phi) is 4.85. The van der Waals surface area contributed by atoms with Crippen molar-refractivity contribution in [3.05, 3.63) is 29.7 Å². The van der Waals surface area contributed by atoms with E-state index in [9.17, 15) is 5.11 Å². The van der Waals surface area contributed by atoms with Gasteiger partial charge >= 0.3 is 0 Å². The first-order valence-electron chi connectivity index (χ1n) is 8.78. The second kappa shape index (κ2) is 6.89. The van der Waals surface area contributed by atoms with Crippen LogP contribution < -0.4 is 4.90 Å². The summed E-state index contributed by atoms with van der Waals surface area (Å²) in [5.41, 5.74) is 1.54. The Morgan fingerprint density at radius 1 is 1.29 bits per heavy atom. The third-order valence-electron chi connectivity index (χ3n) is 5.00. The minimum absolute atomic E-state index is 0.475. The first-order chi connectivity index (χ1) is 11.5. The number of hydrogen-bond donors (Lipinski definition) is 1. The number of hydrogen-bond acceptors (Lipinski definition) is 5. The fraction of sp³-hybridized carbons (Fsp3) is 0.611. The van der Waals surface area contributed by atoms with Crippen LogP contribution in [0.25, 0.3) is 5.95 Å². The summed E-state index contributed by atoms with van der Waals surface area (Å²) in [6, 6.07) is 4.29. The van der Waals surface area contributed by atoms with Gasteiger partial charge in [0, 0.05) is 25.4 Å². The van der Waals surface area contributed by atoms with Crippen molar-refractivity contribution < 1.29 is 5.11 Å². The number of aliphatic hydroxyl groups excluding tert-OH is 1. The summed E-state index contributed by atoms with van der Waals surface area (Å²) in [7, 11) is 2.10. The zero-order chi connectivity index (χ0) is 17.3. The smallest absolute Gasteiger partial charge is 0.252 e. The van der Waals surface area contributed by atoms with Gasteiger partial charge < -0.3 is 10.0 Å². The molecule has 1 aliphatic rings. The topological polar surface area (TPSA) is 67.1 Å². The predicted molar refractivity (Wildman–Crippen MR) is 94.3 cm³/mol. The standard InChI is InChI=1S/C18H27N5O/c1-12-7-5-6-8-16(12)22(4)17-11-15(14(3)24)19-18(20-17)23-10-9-13(2)21-23/h9-12,14,16,24H,5-8H2,1-4H3. The molecule has 2 heterocycles. The van der Waals surface area contributed by atoms with Crippen molar-refractivity contribution in [2.24, 2.45) is 5.92 Å². The molecule has 6 nitrogen and oxygen atoms in total. The van der Waals surface area contributed by atoms with Crippen LogP contribution in [-0.2, 0) is 0 Å². The molecule has 6 heteroatoms. The van der Waals surface area contributed by atoms with Crippen molar-refractivity contribution in [3.8, 4) is 5.95 Å². The molecule has 3 unspecified atom stereocenters. The lowest BCUT2D eigenvalue weighted by atomic mass is 9.85. The normalized spacial score (nSPS) is 22.4. The summed E-state index contributed by atoms with van der Waals surface area (Å²) in [5, 5.41) is 14.4. The molecule has 0 amide bonds. The number of aliphatic hydroxyl groups is 1. The van der Waals surface area contributed by atoms with Crippen LogP contribution in [0.3, 0.4) is 0 Å². The average molecular weight is 329 g/mol.